The lowest BCUT2D eigenvalue weighted by Gasteiger charge is -2.20. The van der Waals surface area contributed by atoms with Crippen molar-refractivity contribution in [1.29, 1.82) is 0 Å². The van der Waals surface area contributed by atoms with Crippen LogP contribution in [0.15, 0.2) is 52.5 Å². The largest absolute Gasteiger partial charge is 0.462 e. The number of nitrogens with one attached hydrogen (secondary N) is 1. The Balaban J connectivity index is 1.51. The number of carbonyl (C=O) groups excluding carboxylic acids is 2. The molecule has 0 aliphatic rings. The Morgan fingerprint density at radius 1 is 1.25 bits per heavy atom. The Kier molecular flexibility index (Phi) is 6.54. The molecular weight excluding hydrogens is 381 g/mol. The molecule has 0 bridgehead atoms. The van der Waals surface area contributed by atoms with Gasteiger partial charge in [-0.2, -0.15) is 0 Å². The lowest BCUT2D eigenvalue weighted by molar-refractivity contribution is -0.135. The average Bonchev–Trinajstić information content (AvgIpc) is 3.37. The predicted octanol–water partition coefficient (Wildman–Crippen LogP) is 3.25. The molecule has 0 fully saturated rings. The van der Waals surface area contributed by atoms with Crippen LogP contribution in [0.3, 0.4) is 0 Å². The molecule has 2 heterocycles. The van der Waals surface area contributed by atoms with Gasteiger partial charge in [-0.1, -0.05) is 12.1 Å². The van der Waals surface area contributed by atoms with Gasteiger partial charge >= 0.3 is 0 Å². The Hall–Kier alpha value is -3.00. The Bertz CT molecular complexity index is 923. The molecule has 0 saturated carbocycles. The topological polar surface area (TPSA) is 75.4 Å². The van der Waals surface area contributed by atoms with Crippen molar-refractivity contribution in [2.75, 3.05) is 13.1 Å². The van der Waals surface area contributed by atoms with Crippen LogP contribution in [0.1, 0.15) is 18.2 Å². The summed E-state index contributed by atoms with van der Waals surface area (Å²) in [7, 11) is 0. The zero-order valence-corrected chi connectivity index (χ0v) is 16.2. The van der Waals surface area contributed by atoms with Crippen LogP contribution >= 0.6 is 11.3 Å². The maximum Gasteiger partial charge on any atom is 0.239 e. The van der Waals surface area contributed by atoms with Crippen molar-refractivity contribution in [1.82, 2.24) is 15.2 Å². The Morgan fingerprint density at radius 3 is 2.71 bits per heavy atom. The molecule has 0 aliphatic heterocycles. The third kappa shape index (κ3) is 5.26. The molecule has 1 N–H and O–H groups in total. The predicted molar refractivity (Wildman–Crippen MR) is 104 cm³/mol. The molecule has 8 heteroatoms. The fourth-order valence-corrected chi connectivity index (χ4v) is 3.36. The van der Waals surface area contributed by atoms with Gasteiger partial charge in [-0.05, 0) is 36.8 Å². The third-order valence-electron chi connectivity index (χ3n) is 4.09. The molecule has 2 aromatic heterocycles. The smallest absolute Gasteiger partial charge is 0.239 e. The lowest BCUT2D eigenvalue weighted by Crippen LogP contribution is -2.41. The van der Waals surface area contributed by atoms with Gasteiger partial charge in [0, 0.05) is 18.5 Å². The van der Waals surface area contributed by atoms with Crippen LogP contribution in [0.4, 0.5) is 4.39 Å². The third-order valence-corrected chi connectivity index (χ3v) is 4.99. The van der Waals surface area contributed by atoms with E-state index in [-0.39, 0.29) is 37.1 Å². The lowest BCUT2D eigenvalue weighted by atomic mass is 10.2. The normalized spacial score (nSPS) is 10.6. The van der Waals surface area contributed by atoms with Gasteiger partial charge in [-0.3, -0.25) is 9.59 Å². The van der Waals surface area contributed by atoms with Crippen molar-refractivity contribution >= 4 is 23.2 Å². The van der Waals surface area contributed by atoms with Gasteiger partial charge in [0.05, 0.1) is 24.9 Å². The summed E-state index contributed by atoms with van der Waals surface area (Å²) >= 11 is 1.41. The highest BCUT2D eigenvalue weighted by atomic mass is 32.1. The molecule has 2 amide bonds. The van der Waals surface area contributed by atoms with E-state index in [1.807, 2.05) is 18.4 Å². The molecule has 0 atom stereocenters. The highest BCUT2D eigenvalue weighted by Gasteiger charge is 2.18. The van der Waals surface area contributed by atoms with Crippen LogP contribution in [0.25, 0.3) is 10.8 Å². The van der Waals surface area contributed by atoms with Crippen molar-refractivity contribution in [3.05, 3.63) is 65.1 Å². The summed E-state index contributed by atoms with van der Waals surface area (Å²) in [6.07, 6.45) is 1.70. The minimum atomic E-state index is -0.324. The van der Waals surface area contributed by atoms with E-state index < -0.39 is 0 Å². The number of thiazole rings is 1. The van der Waals surface area contributed by atoms with Crippen LogP contribution in [0.5, 0.6) is 0 Å². The summed E-state index contributed by atoms with van der Waals surface area (Å²) in [4.78, 5) is 30.6. The first-order chi connectivity index (χ1) is 13.5. The van der Waals surface area contributed by atoms with Gasteiger partial charge in [-0.25, -0.2) is 9.37 Å². The van der Waals surface area contributed by atoms with Gasteiger partial charge in [-0.15, -0.1) is 11.3 Å². The molecule has 6 nitrogen and oxygen atoms in total. The minimum Gasteiger partial charge on any atom is -0.462 e. The van der Waals surface area contributed by atoms with Crippen molar-refractivity contribution in [2.45, 2.75) is 19.9 Å². The fourth-order valence-electron chi connectivity index (χ4n) is 2.58. The van der Waals surface area contributed by atoms with Gasteiger partial charge in [0.2, 0.25) is 11.8 Å². The summed E-state index contributed by atoms with van der Waals surface area (Å²) < 4.78 is 18.2. The first-order valence-electron chi connectivity index (χ1n) is 8.82. The van der Waals surface area contributed by atoms with E-state index in [1.165, 1.54) is 28.4 Å². The summed E-state index contributed by atoms with van der Waals surface area (Å²) in [5.41, 5.74) is 1.43. The first kappa shape index (κ1) is 19.8. The Morgan fingerprint density at radius 2 is 2.04 bits per heavy atom. The summed E-state index contributed by atoms with van der Waals surface area (Å²) in [6, 6.07) is 9.50. The van der Waals surface area contributed by atoms with Crippen LogP contribution < -0.4 is 5.32 Å². The molecule has 0 spiro atoms. The van der Waals surface area contributed by atoms with Crippen molar-refractivity contribution < 1.29 is 18.4 Å². The number of likely N-dealkylation sites (N-methyl/N-ethyl adjacent to an activating group) is 1. The second-order valence-corrected chi connectivity index (χ2v) is 6.97. The number of benzene rings is 1. The number of rotatable bonds is 8. The van der Waals surface area contributed by atoms with Crippen LogP contribution in [0, 0.1) is 5.82 Å². The van der Waals surface area contributed by atoms with Crippen LogP contribution in [0.2, 0.25) is 0 Å². The number of carbonyl (C=O) groups is 2. The quantitative estimate of drug-likeness (QED) is 0.629. The molecule has 1 aromatic carbocycles. The molecule has 3 rings (SSSR count). The number of aromatic nitrogens is 1. The van der Waals surface area contributed by atoms with E-state index in [0.29, 0.717) is 23.0 Å². The number of amides is 2. The molecule has 0 saturated heterocycles. The van der Waals surface area contributed by atoms with Gasteiger partial charge in [0.1, 0.15) is 5.82 Å². The average molecular weight is 401 g/mol. The van der Waals surface area contributed by atoms with Gasteiger partial charge in [0.15, 0.2) is 10.8 Å². The molecule has 28 heavy (non-hydrogen) atoms. The second kappa shape index (κ2) is 9.27. The van der Waals surface area contributed by atoms with Crippen molar-refractivity contribution in [2.24, 2.45) is 0 Å². The number of nitrogens with zero attached hydrogens (tertiary/aromatic N) is 2. The fraction of sp³-hybridized carbons (Fsp3) is 0.250. The van der Waals surface area contributed by atoms with Gasteiger partial charge in [0.25, 0.3) is 0 Å². The minimum absolute atomic E-state index is 0.0360. The van der Waals surface area contributed by atoms with E-state index in [1.54, 1.807) is 24.5 Å². The second-order valence-electron chi connectivity index (χ2n) is 6.11. The zero-order chi connectivity index (χ0) is 19.9. The van der Waals surface area contributed by atoms with E-state index in [2.05, 4.69) is 10.3 Å². The summed E-state index contributed by atoms with van der Waals surface area (Å²) in [5.74, 6) is -0.101. The van der Waals surface area contributed by atoms with E-state index >= 15 is 0 Å². The maximum atomic E-state index is 12.9. The zero-order valence-electron chi connectivity index (χ0n) is 15.4. The molecule has 0 unspecified atom stereocenters. The number of furan rings is 1. The highest BCUT2D eigenvalue weighted by molar-refractivity contribution is 7.13. The molecular formula is C20H20FN3O3S. The number of halogens is 1. The van der Waals surface area contributed by atoms with E-state index in [0.717, 1.165) is 5.56 Å². The molecule has 3 aromatic rings. The van der Waals surface area contributed by atoms with Crippen LogP contribution in [-0.2, 0) is 22.6 Å². The summed E-state index contributed by atoms with van der Waals surface area (Å²) in [5, 5.41) is 5.28. The SMILES string of the molecule is CCN(CC(=O)NCc1ccc(F)cc1)C(=O)Cc1csc(-c2ccco2)n1. The van der Waals surface area contributed by atoms with E-state index in [4.69, 9.17) is 4.42 Å². The first-order valence-corrected chi connectivity index (χ1v) is 9.70. The van der Waals surface area contributed by atoms with E-state index in [9.17, 15) is 14.0 Å². The highest BCUT2D eigenvalue weighted by Crippen LogP contribution is 2.24. The van der Waals surface area contributed by atoms with Gasteiger partial charge < -0.3 is 14.6 Å². The standard InChI is InChI=1S/C20H20FN3O3S/c1-2-24(12-18(25)22-11-14-5-7-15(21)8-6-14)19(26)10-16-13-28-20(23-16)17-4-3-9-27-17/h3-9,13H,2,10-12H2,1H3,(H,22,25). The monoisotopic (exact) mass is 401 g/mol. The number of hydrogen-bond donors (Lipinski definition) is 1. The maximum absolute atomic E-state index is 12.9. The van der Waals surface area contributed by atoms with Crippen molar-refractivity contribution in [3.8, 4) is 10.8 Å². The van der Waals surface area contributed by atoms with Crippen molar-refractivity contribution in [3.63, 3.8) is 0 Å². The number of hydrogen-bond acceptors (Lipinski definition) is 5. The molecule has 0 radical (unpaired) electrons. The molecule has 0 aliphatic carbocycles. The molecule has 146 valence electrons. The van der Waals surface area contributed by atoms with Crippen LogP contribution in [-0.4, -0.2) is 34.8 Å². The Labute approximate surface area is 166 Å². The summed E-state index contributed by atoms with van der Waals surface area (Å²) in [6.45, 7) is 2.48.